The van der Waals surface area contributed by atoms with E-state index in [9.17, 15) is 35.2 Å². The zero-order chi connectivity index (χ0) is 26.7. The molecule has 0 bridgehead atoms. The minimum absolute atomic E-state index is 0.108. The number of amidine groups is 1. The molecule has 2 aromatic carbocycles. The van der Waals surface area contributed by atoms with Crippen LogP contribution in [0.5, 0.6) is 17.2 Å². The zero-order valence-corrected chi connectivity index (χ0v) is 20.6. The molecule has 0 unspecified atom stereocenters. The monoisotopic (exact) mass is 551 g/mol. The molecule has 10 nitrogen and oxygen atoms in total. The van der Waals surface area contributed by atoms with E-state index in [1.165, 1.54) is 36.4 Å². The summed E-state index contributed by atoms with van der Waals surface area (Å²) in [4.78, 5) is -0.108. The number of hydrogen-bond donors (Lipinski definition) is 2. The number of halogens is 3. The van der Waals surface area contributed by atoms with E-state index in [-0.39, 0.29) is 22.9 Å². The van der Waals surface area contributed by atoms with Crippen LogP contribution in [0.1, 0.15) is 12.8 Å². The van der Waals surface area contributed by atoms with Gasteiger partial charge in [0.1, 0.15) is 23.1 Å². The lowest BCUT2D eigenvalue weighted by atomic mass is 9.99. The Labute approximate surface area is 206 Å². The van der Waals surface area contributed by atoms with Crippen molar-refractivity contribution in [2.45, 2.75) is 30.1 Å². The van der Waals surface area contributed by atoms with Crippen molar-refractivity contribution >= 4 is 25.7 Å². The Balaban J connectivity index is 1.75. The van der Waals surface area contributed by atoms with Crippen LogP contribution in [0, 0.1) is 5.92 Å². The summed E-state index contributed by atoms with van der Waals surface area (Å²) in [6.07, 6.45) is -2.96. The predicted octanol–water partition coefficient (Wildman–Crippen LogP) is 2.94. The van der Waals surface area contributed by atoms with Gasteiger partial charge in [0.15, 0.2) is 9.84 Å². The highest BCUT2D eigenvalue weighted by Gasteiger charge is 2.41. The molecule has 3 rings (SSSR count). The number of ether oxygens (including phenoxy) is 2. The number of oxime groups is 1. The molecule has 0 amide bonds. The van der Waals surface area contributed by atoms with E-state index < -0.39 is 55.5 Å². The first-order valence-electron chi connectivity index (χ1n) is 10.5. The number of benzene rings is 2. The molecular weight excluding hydrogens is 527 g/mol. The van der Waals surface area contributed by atoms with Crippen molar-refractivity contribution in [3.63, 3.8) is 0 Å². The highest BCUT2D eigenvalue weighted by molar-refractivity contribution is 7.91. The Morgan fingerprint density at radius 3 is 2.11 bits per heavy atom. The third kappa shape index (κ3) is 7.01. The minimum Gasteiger partial charge on any atom is -0.457 e. The van der Waals surface area contributed by atoms with Gasteiger partial charge in [-0.3, -0.25) is 0 Å². The zero-order valence-electron chi connectivity index (χ0n) is 18.9. The molecular formula is C21H24F3N3O7S2. The highest BCUT2D eigenvalue weighted by Crippen LogP contribution is 2.31. The molecule has 0 radical (unpaired) electrons. The second-order valence-corrected chi connectivity index (χ2v) is 12.1. The van der Waals surface area contributed by atoms with E-state index in [0.717, 1.165) is 22.7 Å². The first-order chi connectivity index (χ1) is 16.7. The predicted molar refractivity (Wildman–Crippen MR) is 123 cm³/mol. The van der Waals surface area contributed by atoms with Gasteiger partial charge in [-0.2, -0.15) is 4.31 Å². The molecule has 0 aliphatic carbocycles. The smallest absolute Gasteiger partial charge is 0.457 e. The number of sulfonamides is 1. The van der Waals surface area contributed by atoms with Crippen molar-refractivity contribution in [1.29, 1.82) is 0 Å². The molecule has 198 valence electrons. The van der Waals surface area contributed by atoms with E-state index in [0.29, 0.717) is 12.8 Å². The Morgan fingerprint density at radius 2 is 1.61 bits per heavy atom. The van der Waals surface area contributed by atoms with Gasteiger partial charge in [-0.05, 0) is 61.4 Å². The van der Waals surface area contributed by atoms with Gasteiger partial charge in [-0.15, -0.1) is 13.2 Å². The SMILES string of the molecule is CS(=O)(=O)N1CCC[C@@H]1[C@H](CS(=O)(=O)c1ccc(Oc2ccc(OC(F)(F)F)cc2)cc1)C(N)=NO. The summed E-state index contributed by atoms with van der Waals surface area (Å²) in [5.41, 5.74) is 5.77. The summed E-state index contributed by atoms with van der Waals surface area (Å²) in [6.45, 7) is 0.202. The van der Waals surface area contributed by atoms with Gasteiger partial charge in [-0.25, -0.2) is 16.8 Å². The van der Waals surface area contributed by atoms with E-state index in [1.54, 1.807) is 0 Å². The quantitative estimate of drug-likeness (QED) is 0.209. The van der Waals surface area contributed by atoms with Crippen LogP contribution in [0.15, 0.2) is 58.6 Å². The fourth-order valence-electron chi connectivity index (χ4n) is 3.94. The Kier molecular flexibility index (Phi) is 8.05. The third-order valence-electron chi connectivity index (χ3n) is 5.51. The molecule has 1 aliphatic heterocycles. The number of hydrogen-bond acceptors (Lipinski definition) is 8. The van der Waals surface area contributed by atoms with Crippen molar-refractivity contribution < 1.29 is 44.7 Å². The second-order valence-electron chi connectivity index (χ2n) is 8.09. The average molecular weight is 552 g/mol. The van der Waals surface area contributed by atoms with E-state index >= 15 is 0 Å². The van der Waals surface area contributed by atoms with Gasteiger partial charge in [0.05, 0.1) is 22.8 Å². The van der Waals surface area contributed by atoms with E-state index in [1.807, 2.05) is 0 Å². The maximum Gasteiger partial charge on any atom is 0.573 e. The molecule has 0 saturated carbocycles. The summed E-state index contributed by atoms with van der Waals surface area (Å²) >= 11 is 0. The summed E-state index contributed by atoms with van der Waals surface area (Å²) in [6, 6.07) is 9.09. The summed E-state index contributed by atoms with van der Waals surface area (Å²) in [5.74, 6) is -2.09. The van der Waals surface area contributed by atoms with Crippen LogP contribution < -0.4 is 15.2 Å². The largest absolute Gasteiger partial charge is 0.573 e. The van der Waals surface area contributed by atoms with E-state index in [2.05, 4.69) is 9.89 Å². The van der Waals surface area contributed by atoms with Gasteiger partial charge in [-0.1, -0.05) is 5.16 Å². The fraction of sp³-hybridized carbons (Fsp3) is 0.381. The second kappa shape index (κ2) is 10.5. The molecule has 0 aromatic heterocycles. The standard InChI is InChI=1S/C21H24F3N3O7S2/c1-35(29,30)27-12-2-3-19(27)18(20(25)26-28)13-36(31,32)17-10-8-15(9-11-17)33-14-4-6-16(7-5-14)34-21(22,23)24/h4-11,18-19,28H,2-3,12-13H2,1H3,(H2,25,26)/t18-,19+/m0/s1. The molecule has 3 N–H and O–H groups in total. The van der Waals surface area contributed by atoms with Crippen molar-refractivity contribution in [2.75, 3.05) is 18.6 Å². The maximum absolute atomic E-state index is 13.1. The lowest BCUT2D eigenvalue weighted by molar-refractivity contribution is -0.274. The third-order valence-corrected chi connectivity index (χ3v) is 8.60. The normalized spacial score (nSPS) is 18.7. The summed E-state index contributed by atoms with van der Waals surface area (Å²) in [5, 5.41) is 12.1. The van der Waals surface area contributed by atoms with Gasteiger partial charge in [0, 0.05) is 12.6 Å². The molecule has 36 heavy (non-hydrogen) atoms. The van der Waals surface area contributed by atoms with Crippen molar-refractivity contribution in [3.05, 3.63) is 48.5 Å². The van der Waals surface area contributed by atoms with Gasteiger partial charge in [0.2, 0.25) is 10.0 Å². The molecule has 0 spiro atoms. The maximum atomic E-state index is 13.1. The van der Waals surface area contributed by atoms with Crippen LogP contribution in [0.4, 0.5) is 13.2 Å². The molecule has 1 heterocycles. The van der Waals surface area contributed by atoms with E-state index in [4.69, 9.17) is 10.5 Å². The van der Waals surface area contributed by atoms with Crippen LogP contribution in [-0.2, 0) is 19.9 Å². The number of nitrogens with zero attached hydrogens (tertiary/aromatic N) is 2. The van der Waals surface area contributed by atoms with Crippen LogP contribution in [0.25, 0.3) is 0 Å². The lowest BCUT2D eigenvalue weighted by Crippen LogP contribution is -2.47. The number of nitrogens with two attached hydrogens (primary N) is 1. The molecule has 15 heteroatoms. The van der Waals surface area contributed by atoms with Gasteiger partial charge >= 0.3 is 6.36 Å². The number of rotatable bonds is 9. The van der Waals surface area contributed by atoms with Crippen molar-refractivity contribution in [2.24, 2.45) is 16.8 Å². The van der Waals surface area contributed by atoms with Crippen LogP contribution >= 0.6 is 0 Å². The first-order valence-corrected chi connectivity index (χ1v) is 14.0. The first kappa shape index (κ1) is 27.5. The highest BCUT2D eigenvalue weighted by atomic mass is 32.2. The summed E-state index contributed by atoms with van der Waals surface area (Å²) < 4.78 is 97.7. The Hall–Kier alpha value is -3.04. The van der Waals surface area contributed by atoms with Gasteiger partial charge < -0.3 is 20.4 Å². The Bertz CT molecular complexity index is 1300. The molecule has 1 fully saturated rings. The van der Waals surface area contributed by atoms with Gasteiger partial charge in [0.25, 0.3) is 0 Å². The van der Waals surface area contributed by atoms with Crippen molar-refractivity contribution in [3.8, 4) is 17.2 Å². The molecule has 1 aliphatic rings. The van der Waals surface area contributed by atoms with Crippen LogP contribution in [-0.4, -0.2) is 63.1 Å². The van der Waals surface area contributed by atoms with Crippen molar-refractivity contribution in [1.82, 2.24) is 4.31 Å². The number of sulfone groups is 1. The minimum atomic E-state index is -4.82. The molecule has 1 saturated heterocycles. The fourth-order valence-corrected chi connectivity index (χ4v) is 6.75. The lowest BCUT2D eigenvalue weighted by Gasteiger charge is -2.29. The topological polar surface area (TPSA) is 149 Å². The number of alkyl halides is 3. The Morgan fingerprint density at radius 1 is 1.08 bits per heavy atom. The van der Waals surface area contributed by atoms with Crippen LogP contribution in [0.2, 0.25) is 0 Å². The molecule has 2 aromatic rings. The average Bonchev–Trinajstić information content (AvgIpc) is 3.28. The molecule has 2 atom stereocenters. The van der Waals surface area contributed by atoms with Crippen LogP contribution in [0.3, 0.4) is 0 Å². The summed E-state index contributed by atoms with van der Waals surface area (Å²) in [7, 11) is -7.65.